The van der Waals surface area contributed by atoms with E-state index in [2.05, 4.69) is 36.2 Å². The molecule has 1 amide bonds. The first kappa shape index (κ1) is 14.2. The van der Waals surface area contributed by atoms with E-state index in [-0.39, 0.29) is 11.3 Å². The van der Waals surface area contributed by atoms with Gasteiger partial charge < -0.3 is 5.32 Å². The largest absolute Gasteiger partial charge is 0.345 e. The van der Waals surface area contributed by atoms with Crippen LogP contribution in [0.2, 0.25) is 0 Å². The first-order valence-electron chi connectivity index (χ1n) is 6.59. The molecule has 0 unspecified atom stereocenters. The smallest absolute Gasteiger partial charge is 0.251 e. The Bertz CT molecular complexity index is 593. The number of rotatable bonds is 3. The van der Waals surface area contributed by atoms with E-state index in [1.54, 1.807) is 18.1 Å². The summed E-state index contributed by atoms with van der Waals surface area (Å²) in [6, 6.07) is 7.69. The molecule has 0 aliphatic rings. The van der Waals surface area contributed by atoms with Gasteiger partial charge in [0.1, 0.15) is 6.33 Å². The van der Waals surface area contributed by atoms with Gasteiger partial charge in [-0.05, 0) is 23.1 Å². The Morgan fingerprint density at radius 3 is 2.40 bits per heavy atom. The van der Waals surface area contributed by atoms with E-state index in [0.29, 0.717) is 17.9 Å². The molecule has 0 fully saturated rings. The SMILES string of the molecule is Cn1cnc(CNC(=O)c2ccc(C(C)(C)C)cc2)n1. The van der Waals surface area contributed by atoms with E-state index in [0.717, 1.165) is 0 Å². The van der Waals surface area contributed by atoms with Gasteiger partial charge in [-0.3, -0.25) is 9.48 Å². The van der Waals surface area contributed by atoms with E-state index in [1.807, 2.05) is 24.3 Å². The molecule has 0 atom stereocenters. The highest BCUT2D eigenvalue weighted by Gasteiger charge is 2.14. The summed E-state index contributed by atoms with van der Waals surface area (Å²) in [6.07, 6.45) is 1.61. The maximum atomic E-state index is 12.0. The molecule has 1 heterocycles. The minimum Gasteiger partial charge on any atom is -0.345 e. The molecule has 2 aromatic rings. The summed E-state index contributed by atoms with van der Waals surface area (Å²) < 4.78 is 1.61. The second kappa shape index (κ2) is 5.45. The third-order valence-electron chi connectivity index (χ3n) is 3.07. The standard InChI is InChI=1S/C15H20N4O/c1-15(2,3)12-7-5-11(6-8-12)14(20)16-9-13-17-10-19(4)18-13/h5-8,10H,9H2,1-4H3,(H,16,20). The second-order valence-corrected chi connectivity index (χ2v) is 5.84. The van der Waals surface area contributed by atoms with Crippen LogP contribution < -0.4 is 5.32 Å². The summed E-state index contributed by atoms with van der Waals surface area (Å²) >= 11 is 0. The van der Waals surface area contributed by atoms with Crippen molar-refractivity contribution in [1.82, 2.24) is 20.1 Å². The normalized spacial score (nSPS) is 11.4. The molecule has 5 nitrogen and oxygen atoms in total. The number of aromatic nitrogens is 3. The first-order valence-corrected chi connectivity index (χ1v) is 6.59. The van der Waals surface area contributed by atoms with E-state index in [4.69, 9.17) is 0 Å². The number of hydrogen-bond donors (Lipinski definition) is 1. The highest BCUT2D eigenvalue weighted by atomic mass is 16.1. The monoisotopic (exact) mass is 272 g/mol. The molecule has 2 rings (SSSR count). The summed E-state index contributed by atoms with van der Waals surface area (Å²) in [6.45, 7) is 6.78. The van der Waals surface area contributed by atoms with Crippen molar-refractivity contribution in [3.63, 3.8) is 0 Å². The molecule has 0 bridgehead atoms. The maximum absolute atomic E-state index is 12.0. The van der Waals surface area contributed by atoms with Crippen LogP contribution in [0.5, 0.6) is 0 Å². The van der Waals surface area contributed by atoms with Crippen LogP contribution in [0.3, 0.4) is 0 Å². The zero-order chi connectivity index (χ0) is 14.8. The van der Waals surface area contributed by atoms with Gasteiger partial charge in [0.2, 0.25) is 0 Å². The number of nitrogens with one attached hydrogen (secondary N) is 1. The molecule has 0 saturated heterocycles. The molecule has 0 radical (unpaired) electrons. The fraction of sp³-hybridized carbons (Fsp3) is 0.400. The van der Waals surface area contributed by atoms with Crippen LogP contribution in [0, 0.1) is 0 Å². The maximum Gasteiger partial charge on any atom is 0.251 e. The van der Waals surface area contributed by atoms with Crippen LogP contribution in [0.25, 0.3) is 0 Å². The average molecular weight is 272 g/mol. The zero-order valence-corrected chi connectivity index (χ0v) is 12.3. The molecule has 0 aliphatic carbocycles. The molecule has 20 heavy (non-hydrogen) atoms. The highest BCUT2D eigenvalue weighted by molar-refractivity contribution is 5.94. The summed E-state index contributed by atoms with van der Waals surface area (Å²) in [5.74, 6) is 0.491. The van der Waals surface area contributed by atoms with Gasteiger partial charge in [-0.2, -0.15) is 5.10 Å². The second-order valence-electron chi connectivity index (χ2n) is 5.84. The van der Waals surface area contributed by atoms with Crippen LogP contribution in [0.15, 0.2) is 30.6 Å². The van der Waals surface area contributed by atoms with Gasteiger partial charge in [0.15, 0.2) is 5.82 Å². The van der Waals surface area contributed by atoms with Gasteiger partial charge in [0, 0.05) is 12.6 Å². The molecule has 0 aliphatic heterocycles. The molecular formula is C15H20N4O. The predicted molar refractivity (Wildman–Crippen MR) is 77.3 cm³/mol. The number of hydrogen-bond acceptors (Lipinski definition) is 3. The number of carbonyl (C=O) groups excluding carboxylic acids is 1. The van der Waals surface area contributed by atoms with Crippen LogP contribution in [0.1, 0.15) is 42.5 Å². The average Bonchev–Trinajstić information content (AvgIpc) is 2.81. The van der Waals surface area contributed by atoms with E-state index in [1.165, 1.54) is 5.56 Å². The van der Waals surface area contributed by atoms with Crippen molar-refractivity contribution < 1.29 is 4.79 Å². The number of amides is 1. The quantitative estimate of drug-likeness (QED) is 0.930. The Hall–Kier alpha value is -2.17. The molecule has 1 aromatic carbocycles. The Kier molecular flexibility index (Phi) is 3.88. The van der Waals surface area contributed by atoms with Gasteiger partial charge in [-0.1, -0.05) is 32.9 Å². The number of benzene rings is 1. The van der Waals surface area contributed by atoms with Crippen LogP contribution in [0.4, 0.5) is 0 Å². The lowest BCUT2D eigenvalue weighted by Crippen LogP contribution is -2.23. The zero-order valence-electron chi connectivity index (χ0n) is 12.3. The molecule has 1 N–H and O–H groups in total. The molecule has 5 heteroatoms. The van der Waals surface area contributed by atoms with Crippen LogP contribution in [-0.2, 0) is 19.0 Å². The molecule has 0 spiro atoms. The lowest BCUT2D eigenvalue weighted by molar-refractivity contribution is 0.0950. The van der Waals surface area contributed by atoms with Crippen molar-refractivity contribution in [2.24, 2.45) is 7.05 Å². The summed E-state index contributed by atoms with van der Waals surface area (Å²) in [4.78, 5) is 16.1. The van der Waals surface area contributed by atoms with Gasteiger partial charge >= 0.3 is 0 Å². The van der Waals surface area contributed by atoms with Gasteiger partial charge in [0.05, 0.1) is 6.54 Å². The van der Waals surface area contributed by atoms with Crippen LogP contribution >= 0.6 is 0 Å². The van der Waals surface area contributed by atoms with E-state index < -0.39 is 0 Å². The minimum atomic E-state index is -0.113. The van der Waals surface area contributed by atoms with E-state index in [9.17, 15) is 4.79 Å². The van der Waals surface area contributed by atoms with E-state index >= 15 is 0 Å². The summed E-state index contributed by atoms with van der Waals surface area (Å²) in [7, 11) is 1.80. The first-order chi connectivity index (χ1) is 9.36. The Morgan fingerprint density at radius 2 is 1.90 bits per heavy atom. The fourth-order valence-electron chi connectivity index (χ4n) is 1.85. The summed E-state index contributed by atoms with van der Waals surface area (Å²) in [5, 5.41) is 6.92. The molecule has 1 aromatic heterocycles. The Labute approximate surface area is 119 Å². The van der Waals surface area contributed by atoms with Crippen molar-refractivity contribution in [2.75, 3.05) is 0 Å². The van der Waals surface area contributed by atoms with Gasteiger partial charge in [-0.25, -0.2) is 4.98 Å². The van der Waals surface area contributed by atoms with Gasteiger partial charge in [0.25, 0.3) is 5.91 Å². The van der Waals surface area contributed by atoms with Crippen molar-refractivity contribution in [3.8, 4) is 0 Å². The molecule has 0 saturated carbocycles. The Balaban J connectivity index is 1.99. The number of aryl methyl sites for hydroxylation is 1. The van der Waals surface area contributed by atoms with Crippen molar-refractivity contribution in [1.29, 1.82) is 0 Å². The van der Waals surface area contributed by atoms with Crippen molar-refractivity contribution in [3.05, 3.63) is 47.5 Å². The Morgan fingerprint density at radius 1 is 1.25 bits per heavy atom. The van der Waals surface area contributed by atoms with Gasteiger partial charge in [-0.15, -0.1) is 0 Å². The number of carbonyl (C=O) groups is 1. The lowest BCUT2D eigenvalue weighted by Gasteiger charge is -2.19. The van der Waals surface area contributed by atoms with Crippen molar-refractivity contribution in [2.45, 2.75) is 32.7 Å². The lowest BCUT2D eigenvalue weighted by atomic mass is 9.87. The fourth-order valence-corrected chi connectivity index (χ4v) is 1.85. The molecule has 106 valence electrons. The minimum absolute atomic E-state index is 0.0902. The third-order valence-corrected chi connectivity index (χ3v) is 3.07. The summed E-state index contributed by atoms with van der Waals surface area (Å²) in [5.41, 5.74) is 1.95. The molecular weight excluding hydrogens is 252 g/mol. The van der Waals surface area contributed by atoms with Crippen LogP contribution in [-0.4, -0.2) is 20.7 Å². The topological polar surface area (TPSA) is 59.8 Å². The predicted octanol–water partition coefficient (Wildman–Crippen LogP) is 2.04. The van der Waals surface area contributed by atoms with Crippen molar-refractivity contribution >= 4 is 5.91 Å². The third kappa shape index (κ3) is 3.44. The highest BCUT2D eigenvalue weighted by Crippen LogP contribution is 2.22. The number of nitrogens with zero attached hydrogens (tertiary/aromatic N) is 3.